The van der Waals surface area contributed by atoms with Crippen molar-refractivity contribution in [2.75, 3.05) is 13.2 Å². The van der Waals surface area contributed by atoms with Gasteiger partial charge in [0.25, 0.3) is 0 Å². The number of aliphatic hydroxyl groups is 1. The summed E-state index contributed by atoms with van der Waals surface area (Å²) in [7, 11) is 0. The van der Waals surface area contributed by atoms with Crippen molar-refractivity contribution in [2.45, 2.75) is 158 Å². The van der Waals surface area contributed by atoms with Gasteiger partial charge in [0.05, 0.1) is 19.1 Å². The first-order valence-corrected chi connectivity index (χ1v) is 29.0. The Morgan fingerprint density at radius 1 is 0.440 bits per heavy atom. The smallest absolute Gasteiger partial charge is 0.326 e. The molecule has 10 amide bonds. The van der Waals surface area contributed by atoms with E-state index in [1.807, 2.05) is 0 Å². The average Bonchev–Trinajstić information content (AvgIpc) is 1.31. The second-order valence-corrected chi connectivity index (χ2v) is 21.6. The number of amides is 10. The minimum absolute atomic E-state index is 0.0128. The number of unbranched alkanes of at least 4 members (excludes halogenated alkanes) is 1. The van der Waals surface area contributed by atoms with E-state index in [1.54, 1.807) is 19.1 Å². The number of carbonyl (C=O) groups is 13. The third-order valence-corrected chi connectivity index (χ3v) is 14.3. The first kappa shape index (κ1) is 75.3. The Labute approximate surface area is 522 Å². The van der Waals surface area contributed by atoms with E-state index in [4.69, 9.17) is 17.2 Å². The van der Waals surface area contributed by atoms with Crippen LogP contribution in [0.4, 0.5) is 0 Å². The van der Waals surface area contributed by atoms with Crippen molar-refractivity contribution in [3.8, 4) is 17.2 Å². The SMILES string of the molecule is CC[C@H](C)[C@H](NC(=O)[C@H](CCC(N)=O)NC(=O)[C@H](CO)NC(=O)[C@H](Cc1ccc(O)cc1)NC(=O)[C@H](CC(=O)O)NC(=O)[C@H](C)NC(=O)[C@H](CCC(=O)O)NC(=O)[C@H](CCCCN)NC(=O)[C@H](Cc1ccc(O)cc1)NC(=O)[C@@H](N)Cc1ccc(O)cc1)C(=O)O. The number of aromatic hydroxyl groups is 3. The number of nitrogens with two attached hydrogens (primary N) is 3. The summed E-state index contributed by atoms with van der Waals surface area (Å²) in [6.07, 6.45) is -3.35. The summed E-state index contributed by atoms with van der Waals surface area (Å²) in [5.41, 5.74) is 18.5. The monoisotopic (exact) mass is 1280 g/mol. The van der Waals surface area contributed by atoms with E-state index in [1.165, 1.54) is 67.6 Å². The van der Waals surface area contributed by atoms with E-state index in [9.17, 15) is 98.1 Å². The van der Waals surface area contributed by atoms with Gasteiger partial charge in [-0.1, -0.05) is 56.7 Å². The van der Waals surface area contributed by atoms with Crippen molar-refractivity contribution in [2.24, 2.45) is 23.1 Å². The van der Waals surface area contributed by atoms with Crippen LogP contribution in [0.5, 0.6) is 17.2 Å². The van der Waals surface area contributed by atoms with Gasteiger partial charge in [-0.05, 0) is 111 Å². The first-order chi connectivity index (χ1) is 42.9. The molecule has 0 heterocycles. The van der Waals surface area contributed by atoms with Gasteiger partial charge < -0.3 is 101 Å². The van der Waals surface area contributed by atoms with Gasteiger partial charge in [0.1, 0.15) is 71.6 Å². The van der Waals surface area contributed by atoms with Crippen molar-refractivity contribution in [1.29, 1.82) is 0 Å². The Hall–Kier alpha value is -9.95. The number of carboxylic acid groups (broad SMARTS) is 3. The van der Waals surface area contributed by atoms with Crippen LogP contribution >= 0.6 is 0 Å². The van der Waals surface area contributed by atoms with E-state index < -0.39 is 188 Å². The van der Waals surface area contributed by atoms with E-state index in [0.717, 1.165) is 6.92 Å². The van der Waals surface area contributed by atoms with E-state index in [-0.39, 0.29) is 55.0 Å². The number of aliphatic hydroxyl groups excluding tert-OH is 1. The molecular formula is C59H82N12O20. The molecule has 0 bridgehead atoms. The molecule has 0 radical (unpaired) electrons. The predicted octanol–water partition coefficient (Wildman–Crippen LogP) is -3.60. The maximum atomic E-state index is 14.2. The molecule has 498 valence electrons. The molecular weight excluding hydrogens is 1200 g/mol. The van der Waals surface area contributed by atoms with Crippen LogP contribution in [-0.2, 0) is 81.6 Å². The minimum Gasteiger partial charge on any atom is -0.508 e. The summed E-state index contributed by atoms with van der Waals surface area (Å²) in [5.74, 6) is -16.3. The molecule has 0 saturated heterocycles. The molecule has 32 nitrogen and oxygen atoms in total. The highest BCUT2D eigenvalue weighted by Crippen LogP contribution is 2.17. The van der Waals surface area contributed by atoms with Gasteiger partial charge in [-0.15, -0.1) is 0 Å². The van der Waals surface area contributed by atoms with Crippen molar-refractivity contribution in [3.05, 3.63) is 89.5 Å². The number of aliphatic carboxylic acids is 3. The Bertz CT molecular complexity index is 3010. The maximum absolute atomic E-state index is 14.2. The molecule has 3 aromatic rings. The molecule has 22 N–H and O–H groups in total. The van der Waals surface area contributed by atoms with Gasteiger partial charge in [-0.25, -0.2) is 4.79 Å². The van der Waals surface area contributed by atoms with Crippen LogP contribution in [-0.4, -0.2) is 186 Å². The summed E-state index contributed by atoms with van der Waals surface area (Å²) in [6, 6.07) is 0.199. The third-order valence-electron chi connectivity index (χ3n) is 14.3. The standard InChI is InChI=1S/C59H82N12O20/c1-4-30(2)49(59(90)91)71-54(85)40(20-22-46(62)76)66-58(89)45(29-72)70-56(87)43(27-34-12-18-37(75)19-13-34)69-57(88)44(28-48(79)80)67-50(81)31(3)63-52(83)41(21-23-47(77)78)65-53(84)39(7-5-6-24-60)64-55(86)42(26-33-10-16-36(74)17-11-33)68-51(82)38(61)25-32-8-14-35(73)15-9-32/h8-19,30-31,38-45,49,72-75H,4-7,20-29,60-61H2,1-3H3,(H2,62,76)(H,63,83)(H,64,86)(H,65,84)(H,66,89)(H,67,81)(H,68,82)(H,69,88)(H,70,87)(H,71,85)(H,77,78)(H,79,80)(H,90,91)/t30-,31-,38-,39-,40-,41-,42-,43-,44-,45-,49-/m0/s1. The minimum atomic E-state index is -2.05. The molecule has 0 spiro atoms. The van der Waals surface area contributed by atoms with Crippen LogP contribution in [0.25, 0.3) is 0 Å². The quantitative estimate of drug-likeness (QED) is 0.0245. The van der Waals surface area contributed by atoms with Gasteiger partial charge >= 0.3 is 17.9 Å². The van der Waals surface area contributed by atoms with Crippen LogP contribution in [0.15, 0.2) is 72.8 Å². The summed E-state index contributed by atoms with van der Waals surface area (Å²) in [4.78, 5) is 172. The highest BCUT2D eigenvalue weighted by Gasteiger charge is 2.36. The molecule has 0 aromatic heterocycles. The van der Waals surface area contributed by atoms with Gasteiger partial charge in [-0.3, -0.25) is 57.5 Å². The fraction of sp³-hybridized carbons (Fsp3) is 0.475. The zero-order chi connectivity index (χ0) is 68.1. The number of rotatable bonds is 40. The number of hydrogen-bond donors (Lipinski definition) is 19. The number of carboxylic acids is 3. The van der Waals surface area contributed by atoms with Crippen molar-refractivity contribution >= 4 is 77.0 Å². The summed E-state index contributed by atoms with van der Waals surface area (Å²) in [6.45, 7) is 3.28. The maximum Gasteiger partial charge on any atom is 0.326 e. The van der Waals surface area contributed by atoms with E-state index in [0.29, 0.717) is 24.0 Å². The molecule has 0 fully saturated rings. The lowest BCUT2D eigenvalue weighted by Gasteiger charge is -2.27. The Kier molecular flexibility index (Phi) is 31.3. The van der Waals surface area contributed by atoms with E-state index in [2.05, 4.69) is 47.9 Å². The molecule has 0 aliphatic rings. The zero-order valence-electron chi connectivity index (χ0n) is 50.3. The van der Waals surface area contributed by atoms with Gasteiger partial charge in [-0.2, -0.15) is 0 Å². The van der Waals surface area contributed by atoms with Crippen LogP contribution in [0.2, 0.25) is 0 Å². The molecule has 3 rings (SSSR count). The molecule has 3 aromatic carbocycles. The lowest BCUT2D eigenvalue weighted by atomic mass is 9.98. The summed E-state index contributed by atoms with van der Waals surface area (Å²) in [5, 5.41) is 90.1. The second kappa shape index (κ2) is 37.8. The first-order valence-electron chi connectivity index (χ1n) is 29.0. The Morgan fingerprint density at radius 2 is 0.813 bits per heavy atom. The fourth-order valence-electron chi connectivity index (χ4n) is 8.82. The Morgan fingerprint density at radius 3 is 1.24 bits per heavy atom. The van der Waals surface area contributed by atoms with Crippen LogP contribution in [0.1, 0.15) is 95.2 Å². The lowest BCUT2D eigenvalue weighted by Crippen LogP contribution is -2.61. The molecule has 91 heavy (non-hydrogen) atoms. The largest absolute Gasteiger partial charge is 0.508 e. The zero-order valence-corrected chi connectivity index (χ0v) is 50.3. The normalized spacial score (nSPS) is 14.6. The topological polar surface area (TPSA) is 550 Å². The van der Waals surface area contributed by atoms with Crippen LogP contribution in [0, 0.1) is 5.92 Å². The number of primary amides is 1. The summed E-state index contributed by atoms with van der Waals surface area (Å²) >= 11 is 0. The number of phenols is 3. The van der Waals surface area contributed by atoms with Crippen LogP contribution in [0.3, 0.4) is 0 Å². The Balaban J connectivity index is 1.88. The van der Waals surface area contributed by atoms with Crippen molar-refractivity contribution in [1.82, 2.24) is 47.9 Å². The van der Waals surface area contributed by atoms with Crippen molar-refractivity contribution < 1.29 is 98.1 Å². The second-order valence-electron chi connectivity index (χ2n) is 21.6. The molecule has 0 unspecified atom stereocenters. The number of phenolic OH excluding ortho intramolecular Hbond substituents is 3. The van der Waals surface area contributed by atoms with Crippen molar-refractivity contribution in [3.63, 3.8) is 0 Å². The van der Waals surface area contributed by atoms with Gasteiger partial charge in [0.2, 0.25) is 59.1 Å². The lowest BCUT2D eigenvalue weighted by molar-refractivity contribution is -0.144. The number of nitrogens with one attached hydrogen (secondary N) is 9. The van der Waals surface area contributed by atoms with Crippen LogP contribution < -0.4 is 65.1 Å². The number of benzene rings is 3. The fourth-order valence-corrected chi connectivity index (χ4v) is 8.82. The number of carbonyl (C=O) groups excluding carboxylic acids is 10. The molecule has 32 heteroatoms. The molecule has 0 aliphatic heterocycles. The predicted molar refractivity (Wildman–Crippen MR) is 321 cm³/mol. The van der Waals surface area contributed by atoms with E-state index >= 15 is 0 Å². The molecule has 0 aliphatic carbocycles. The van der Waals surface area contributed by atoms with Gasteiger partial charge in [0.15, 0.2) is 0 Å². The summed E-state index contributed by atoms with van der Waals surface area (Å²) < 4.78 is 0. The van der Waals surface area contributed by atoms with Gasteiger partial charge in [0, 0.05) is 25.7 Å². The molecule has 0 saturated carbocycles. The number of hydrogen-bond acceptors (Lipinski definition) is 19. The third kappa shape index (κ3) is 26.7. The highest BCUT2D eigenvalue weighted by atomic mass is 16.4. The average molecular weight is 1280 g/mol. The highest BCUT2D eigenvalue weighted by molar-refractivity contribution is 5.99. The molecule has 11 atom stereocenters.